The zero-order valence-corrected chi connectivity index (χ0v) is 12.8. The predicted octanol–water partition coefficient (Wildman–Crippen LogP) is 3.23. The van der Waals surface area contributed by atoms with Gasteiger partial charge in [-0.1, -0.05) is 30.8 Å². The molecule has 7 nitrogen and oxygen atoms in total. The maximum Gasteiger partial charge on any atom is 0.175 e. The Morgan fingerprint density at radius 1 is 1.14 bits per heavy atom. The molecule has 7 heteroatoms. The van der Waals surface area contributed by atoms with Crippen LogP contribution in [0.25, 0.3) is 0 Å². The molecule has 2 aromatic heterocycles. The van der Waals surface area contributed by atoms with Gasteiger partial charge in [-0.2, -0.15) is 0 Å². The summed E-state index contributed by atoms with van der Waals surface area (Å²) in [6.45, 7) is 1.83. The highest BCUT2D eigenvalue weighted by Gasteiger charge is 2.16. The molecular weight excluding hydrogens is 280 g/mol. The van der Waals surface area contributed by atoms with Crippen LogP contribution < -0.4 is 16.4 Å². The summed E-state index contributed by atoms with van der Waals surface area (Å²) in [4.78, 5) is 8.47. The average molecular weight is 302 g/mol. The lowest BCUT2D eigenvalue weighted by Crippen LogP contribution is -2.20. The van der Waals surface area contributed by atoms with Gasteiger partial charge in [0, 0.05) is 12.1 Å². The van der Waals surface area contributed by atoms with Crippen LogP contribution >= 0.6 is 0 Å². The van der Waals surface area contributed by atoms with E-state index in [-0.39, 0.29) is 0 Å². The number of hydrogen-bond acceptors (Lipinski definition) is 7. The maximum absolute atomic E-state index is 6.19. The first kappa shape index (κ1) is 14.6. The van der Waals surface area contributed by atoms with Crippen LogP contribution in [-0.4, -0.2) is 21.2 Å². The first-order valence-corrected chi connectivity index (χ1v) is 7.80. The Balaban J connectivity index is 1.73. The van der Waals surface area contributed by atoms with Gasteiger partial charge in [0.2, 0.25) is 0 Å². The van der Waals surface area contributed by atoms with Crippen molar-refractivity contribution in [2.24, 2.45) is 0 Å². The number of rotatable bonds is 4. The molecule has 3 rings (SSSR count). The largest absolute Gasteiger partial charge is 0.393 e. The zero-order valence-electron chi connectivity index (χ0n) is 12.8. The normalized spacial score (nSPS) is 16.2. The van der Waals surface area contributed by atoms with Crippen LogP contribution in [0.3, 0.4) is 0 Å². The summed E-state index contributed by atoms with van der Waals surface area (Å²) in [5, 5.41) is 10.4. The summed E-state index contributed by atoms with van der Waals surface area (Å²) in [6.07, 6.45) is 8.97. The van der Waals surface area contributed by atoms with Crippen molar-refractivity contribution in [2.45, 2.75) is 51.5 Å². The predicted molar refractivity (Wildman–Crippen MR) is 86.1 cm³/mol. The number of nitrogens with zero attached hydrogens (tertiary/aromatic N) is 3. The van der Waals surface area contributed by atoms with Gasteiger partial charge in [-0.25, -0.2) is 9.97 Å². The van der Waals surface area contributed by atoms with Gasteiger partial charge in [0.05, 0.1) is 0 Å². The lowest BCUT2D eigenvalue weighted by molar-refractivity contribution is 0.400. The van der Waals surface area contributed by atoms with Gasteiger partial charge in [-0.05, 0) is 19.8 Å². The molecule has 1 aliphatic carbocycles. The fraction of sp³-hybridized carbons (Fsp3) is 0.533. The van der Waals surface area contributed by atoms with Crippen molar-refractivity contribution in [3.05, 3.63) is 18.2 Å². The summed E-state index contributed by atoms with van der Waals surface area (Å²) in [5.41, 5.74) is 6.69. The molecule has 0 radical (unpaired) electrons. The highest BCUT2D eigenvalue weighted by molar-refractivity contribution is 5.76. The number of nitrogen functional groups attached to an aromatic ring is 1. The monoisotopic (exact) mass is 302 g/mol. The number of nitrogens with two attached hydrogens (primary N) is 1. The molecule has 0 aliphatic heterocycles. The molecule has 2 heterocycles. The van der Waals surface area contributed by atoms with Crippen LogP contribution in [0, 0.1) is 6.92 Å². The average Bonchev–Trinajstić information content (AvgIpc) is 2.75. The van der Waals surface area contributed by atoms with Gasteiger partial charge in [0.25, 0.3) is 0 Å². The molecule has 0 spiro atoms. The van der Waals surface area contributed by atoms with Crippen molar-refractivity contribution in [3.8, 4) is 0 Å². The highest BCUT2D eigenvalue weighted by Crippen LogP contribution is 2.28. The molecule has 2 aromatic rings. The summed E-state index contributed by atoms with van der Waals surface area (Å²) < 4.78 is 5.03. The fourth-order valence-electron chi connectivity index (χ4n) is 2.77. The van der Waals surface area contributed by atoms with E-state index in [2.05, 4.69) is 25.8 Å². The minimum atomic E-state index is 0.432. The Bertz CT molecular complexity index is 618. The smallest absolute Gasteiger partial charge is 0.175 e. The summed E-state index contributed by atoms with van der Waals surface area (Å²) in [7, 11) is 0. The Hall–Kier alpha value is -2.31. The van der Waals surface area contributed by atoms with Crippen LogP contribution in [0.15, 0.2) is 16.9 Å². The molecule has 0 unspecified atom stereocenters. The van der Waals surface area contributed by atoms with E-state index in [0.717, 1.165) is 18.6 Å². The Morgan fingerprint density at radius 3 is 2.55 bits per heavy atom. The van der Waals surface area contributed by atoms with Gasteiger partial charge >= 0.3 is 0 Å². The molecule has 0 atom stereocenters. The van der Waals surface area contributed by atoms with E-state index in [1.54, 1.807) is 6.07 Å². The highest BCUT2D eigenvalue weighted by atomic mass is 16.5. The standard InChI is InChI=1S/C15H22N6O/c1-10-8-12(21-22-10)20-15-13(16)14(17-9-18-15)19-11-6-4-2-3-5-7-11/h8-9,11H,2-7,16H2,1H3,(H2,17,18,19,20,21). The van der Waals surface area contributed by atoms with Crippen LogP contribution in [0.1, 0.15) is 44.3 Å². The van der Waals surface area contributed by atoms with E-state index >= 15 is 0 Å². The van der Waals surface area contributed by atoms with Crippen LogP contribution in [0.5, 0.6) is 0 Å². The molecule has 4 N–H and O–H groups in total. The maximum atomic E-state index is 6.19. The lowest BCUT2D eigenvalue weighted by atomic mass is 10.1. The van der Waals surface area contributed by atoms with Gasteiger partial charge in [0.1, 0.15) is 17.8 Å². The molecule has 118 valence electrons. The number of nitrogens with one attached hydrogen (secondary N) is 2. The number of anilines is 4. The minimum absolute atomic E-state index is 0.432. The van der Waals surface area contributed by atoms with Crippen molar-refractivity contribution in [3.63, 3.8) is 0 Å². The third-order valence-electron chi connectivity index (χ3n) is 3.95. The van der Waals surface area contributed by atoms with Crippen LogP contribution in [-0.2, 0) is 0 Å². The van der Waals surface area contributed by atoms with Crippen LogP contribution in [0.4, 0.5) is 23.1 Å². The molecule has 1 saturated carbocycles. The number of aryl methyl sites for hydroxylation is 1. The summed E-state index contributed by atoms with van der Waals surface area (Å²) in [5.74, 6) is 2.54. The zero-order chi connectivity index (χ0) is 15.4. The van der Waals surface area contributed by atoms with E-state index in [1.807, 2.05) is 6.92 Å². The summed E-state index contributed by atoms with van der Waals surface area (Å²) in [6, 6.07) is 2.22. The third-order valence-corrected chi connectivity index (χ3v) is 3.95. The first-order chi connectivity index (χ1) is 10.7. The molecule has 0 saturated heterocycles. The molecule has 1 fully saturated rings. The molecule has 22 heavy (non-hydrogen) atoms. The number of aromatic nitrogens is 3. The van der Waals surface area contributed by atoms with Crippen molar-refractivity contribution >= 4 is 23.1 Å². The first-order valence-electron chi connectivity index (χ1n) is 7.80. The van der Waals surface area contributed by atoms with E-state index < -0.39 is 0 Å². The molecule has 0 aromatic carbocycles. The Kier molecular flexibility index (Phi) is 4.41. The van der Waals surface area contributed by atoms with Gasteiger partial charge in [-0.15, -0.1) is 0 Å². The van der Waals surface area contributed by atoms with Crippen molar-refractivity contribution in [2.75, 3.05) is 16.4 Å². The van der Waals surface area contributed by atoms with Crippen LogP contribution in [0.2, 0.25) is 0 Å². The molecule has 0 amide bonds. The fourth-order valence-corrected chi connectivity index (χ4v) is 2.77. The topological polar surface area (TPSA) is 102 Å². The van der Waals surface area contributed by atoms with Crippen molar-refractivity contribution in [1.29, 1.82) is 0 Å². The molecule has 1 aliphatic rings. The van der Waals surface area contributed by atoms with Crippen molar-refractivity contribution < 1.29 is 4.52 Å². The van der Waals surface area contributed by atoms with E-state index in [0.29, 0.717) is 29.2 Å². The van der Waals surface area contributed by atoms with Gasteiger partial charge in [-0.3, -0.25) is 0 Å². The third kappa shape index (κ3) is 3.47. The Labute approximate surface area is 129 Å². The molecule has 0 bridgehead atoms. The lowest BCUT2D eigenvalue weighted by Gasteiger charge is -2.18. The SMILES string of the molecule is Cc1cc(Nc2ncnc(NC3CCCCCC3)c2N)no1. The van der Waals surface area contributed by atoms with E-state index in [4.69, 9.17) is 10.3 Å². The Morgan fingerprint density at radius 2 is 1.86 bits per heavy atom. The van der Waals surface area contributed by atoms with E-state index in [9.17, 15) is 0 Å². The summed E-state index contributed by atoms with van der Waals surface area (Å²) >= 11 is 0. The van der Waals surface area contributed by atoms with Gasteiger partial charge in [0.15, 0.2) is 17.5 Å². The molecular formula is C15H22N6O. The second-order valence-corrected chi connectivity index (χ2v) is 5.77. The van der Waals surface area contributed by atoms with Crippen molar-refractivity contribution in [1.82, 2.24) is 15.1 Å². The quantitative estimate of drug-likeness (QED) is 0.745. The van der Waals surface area contributed by atoms with E-state index in [1.165, 1.54) is 32.0 Å². The minimum Gasteiger partial charge on any atom is -0.393 e. The second kappa shape index (κ2) is 6.64. The second-order valence-electron chi connectivity index (χ2n) is 5.77. The van der Waals surface area contributed by atoms with Gasteiger partial charge < -0.3 is 20.9 Å². The number of hydrogen-bond donors (Lipinski definition) is 3.